The third-order valence-corrected chi connectivity index (χ3v) is 1.67. The molecule has 1 aromatic carbocycles. The second-order valence-electron chi connectivity index (χ2n) is 2.51. The molecule has 0 spiro atoms. The van der Waals surface area contributed by atoms with Crippen LogP contribution >= 0.6 is 0 Å². The molecule has 1 unspecified atom stereocenters. The maximum Gasteiger partial charge on any atom is 0.337 e. The van der Waals surface area contributed by atoms with E-state index in [0.29, 0.717) is 11.3 Å². The van der Waals surface area contributed by atoms with E-state index >= 15 is 0 Å². The minimum Gasteiger partial charge on any atom is -0.497 e. The Bertz CT molecular complexity index is 291. The van der Waals surface area contributed by atoms with Crippen LogP contribution in [0.15, 0.2) is 24.3 Å². The van der Waals surface area contributed by atoms with Gasteiger partial charge in [0.15, 0.2) is 6.10 Å². The molecule has 0 aliphatic heterocycles. The summed E-state index contributed by atoms with van der Waals surface area (Å²) in [6, 6.07) is 6.22. The summed E-state index contributed by atoms with van der Waals surface area (Å²) in [7, 11) is 1.52. The van der Waals surface area contributed by atoms with E-state index in [2.05, 4.69) is 0 Å². The van der Waals surface area contributed by atoms with Gasteiger partial charge < -0.3 is 14.9 Å². The maximum absolute atomic E-state index is 10.4. The Labute approximate surface area is 75.4 Å². The Morgan fingerprint density at radius 2 is 1.92 bits per heavy atom. The molecule has 0 radical (unpaired) electrons. The molecule has 13 heavy (non-hydrogen) atoms. The number of carboxylic acid groups (broad SMARTS) is 1. The van der Waals surface area contributed by atoms with E-state index in [1.165, 1.54) is 19.2 Å². The topological polar surface area (TPSA) is 66.8 Å². The van der Waals surface area contributed by atoms with Crippen LogP contribution in [0.1, 0.15) is 11.7 Å². The molecule has 0 heterocycles. The average Bonchev–Trinajstić information content (AvgIpc) is 2.17. The molecule has 0 aliphatic rings. The lowest BCUT2D eigenvalue weighted by molar-refractivity contribution is -0.146. The monoisotopic (exact) mass is 182 g/mol. The summed E-state index contributed by atoms with van der Waals surface area (Å²) in [6.07, 6.45) is -1.47. The normalized spacial score (nSPS) is 12.2. The van der Waals surface area contributed by atoms with Crippen LogP contribution in [0.25, 0.3) is 0 Å². The number of ether oxygens (including phenoxy) is 1. The highest BCUT2D eigenvalue weighted by atomic mass is 16.5. The van der Waals surface area contributed by atoms with Crippen molar-refractivity contribution in [2.75, 3.05) is 7.11 Å². The lowest BCUT2D eigenvalue weighted by Crippen LogP contribution is -2.09. The number of aliphatic hydroxyl groups excluding tert-OH is 1. The SMILES string of the molecule is COc1ccc(C(O)C(=O)O)cc1. The molecule has 4 nitrogen and oxygen atoms in total. The van der Waals surface area contributed by atoms with Gasteiger partial charge in [0.05, 0.1) is 7.11 Å². The number of carbonyl (C=O) groups is 1. The number of methoxy groups -OCH3 is 1. The van der Waals surface area contributed by atoms with Gasteiger partial charge in [0, 0.05) is 0 Å². The van der Waals surface area contributed by atoms with Crippen molar-refractivity contribution in [2.24, 2.45) is 0 Å². The Morgan fingerprint density at radius 3 is 2.31 bits per heavy atom. The van der Waals surface area contributed by atoms with Crippen LogP contribution in [0.2, 0.25) is 0 Å². The van der Waals surface area contributed by atoms with Crippen LogP contribution < -0.4 is 4.74 Å². The first-order valence-electron chi connectivity index (χ1n) is 3.70. The minimum absolute atomic E-state index is 0.341. The van der Waals surface area contributed by atoms with E-state index < -0.39 is 12.1 Å². The summed E-state index contributed by atoms with van der Waals surface area (Å²) in [5, 5.41) is 17.6. The Balaban J connectivity index is 2.85. The van der Waals surface area contributed by atoms with Crippen molar-refractivity contribution in [1.82, 2.24) is 0 Å². The summed E-state index contributed by atoms with van der Waals surface area (Å²) in [5.74, 6) is -0.633. The van der Waals surface area contributed by atoms with Crippen LogP contribution in [-0.2, 0) is 4.79 Å². The summed E-state index contributed by atoms with van der Waals surface area (Å²) in [5.41, 5.74) is 0.341. The fourth-order valence-corrected chi connectivity index (χ4v) is 0.929. The second-order valence-corrected chi connectivity index (χ2v) is 2.51. The molecule has 0 amide bonds. The van der Waals surface area contributed by atoms with Gasteiger partial charge in [-0.25, -0.2) is 4.79 Å². The van der Waals surface area contributed by atoms with E-state index in [9.17, 15) is 4.79 Å². The standard InChI is InChI=1S/C9H10O4/c1-13-7-4-2-6(3-5-7)8(10)9(11)12/h2-5,8,10H,1H3,(H,11,12). The van der Waals surface area contributed by atoms with Crippen molar-refractivity contribution in [3.05, 3.63) is 29.8 Å². The first-order chi connectivity index (χ1) is 6.15. The first kappa shape index (κ1) is 9.54. The van der Waals surface area contributed by atoms with E-state index in [-0.39, 0.29) is 0 Å². The zero-order valence-corrected chi connectivity index (χ0v) is 7.10. The summed E-state index contributed by atoms with van der Waals surface area (Å²) >= 11 is 0. The largest absolute Gasteiger partial charge is 0.497 e. The molecule has 1 aromatic rings. The summed E-state index contributed by atoms with van der Waals surface area (Å²) in [6.45, 7) is 0. The zero-order chi connectivity index (χ0) is 9.84. The van der Waals surface area contributed by atoms with Crippen LogP contribution in [0.3, 0.4) is 0 Å². The Kier molecular flexibility index (Phi) is 2.87. The van der Waals surface area contributed by atoms with Gasteiger partial charge in [-0.1, -0.05) is 12.1 Å². The number of rotatable bonds is 3. The molecule has 2 N–H and O–H groups in total. The number of aliphatic carboxylic acids is 1. The molecule has 0 aromatic heterocycles. The van der Waals surface area contributed by atoms with E-state index in [4.69, 9.17) is 14.9 Å². The summed E-state index contributed by atoms with van der Waals surface area (Å²) < 4.78 is 4.88. The van der Waals surface area contributed by atoms with Crippen LogP contribution in [0.5, 0.6) is 5.75 Å². The summed E-state index contributed by atoms with van der Waals surface area (Å²) in [4.78, 5) is 10.4. The molecule has 0 aliphatic carbocycles. The Morgan fingerprint density at radius 1 is 1.38 bits per heavy atom. The molecule has 0 saturated heterocycles. The molecular formula is C9H10O4. The lowest BCUT2D eigenvalue weighted by Gasteiger charge is -2.06. The smallest absolute Gasteiger partial charge is 0.337 e. The fraction of sp³-hybridized carbons (Fsp3) is 0.222. The van der Waals surface area contributed by atoms with Gasteiger partial charge in [-0.3, -0.25) is 0 Å². The number of hydrogen-bond acceptors (Lipinski definition) is 3. The quantitative estimate of drug-likeness (QED) is 0.726. The fourth-order valence-electron chi connectivity index (χ4n) is 0.929. The predicted octanol–water partition coefficient (Wildman–Crippen LogP) is 0.813. The van der Waals surface area contributed by atoms with Crippen LogP contribution in [0, 0.1) is 0 Å². The van der Waals surface area contributed by atoms with Crippen molar-refractivity contribution < 1.29 is 19.7 Å². The van der Waals surface area contributed by atoms with Crippen molar-refractivity contribution in [3.8, 4) is 5.75 Å². The molecule has 4 heteroatoms. The van der Waals surface area contributed by atoms with Crippen molar-refractivity contribution in [3.63, 3.8) is 0 Å². The second kappa shape index (κ2) is 3.91. The van der Waals surface area contributed by atoms with E-state index in [1.54, 1.807) is 12.1 Å². The number of benzene rings is 1. The predicted molar refractivity (Wildman–Crippen MR) is 45.6 cm³/mol. The van der Waals surface area contributed by atoms with Crippen molar-refractivity contribution in [2.45, 2.75) is 6.10 Å². The van der Waals surface area contributed by atoms with Crippen molar-refractivity contribution in [1.29, 1.82) is 0 Å². The lowest BCUT2D eigenvalue weighted by atomic mass is 10.1. The van der Waals surface area contributed by atoms with Crippen molar-refractivity contribution >= 4 is 5.97 Å². The van der Waals surface area contributed by atoms with E-state index in [1.807, 2.05) is 0 Å². The van der Waals surface area contributed by atoms with Crippen LogP contribution in [0.4, 0.5) is 0 Å². The molecule has 1 rings (SSSR count). The highest BCUT2D eigenvalue weighted by Gasteiger charge is 2.14. The number of carboxylic acids is 1. The van der Waals surface area contributed by atoms with Gasteiger partial charge in [-0.2, -0.15) is 0 Å². The molecule has 1 atom stereocenters. The van der Waals surface area contributed by atoms with Crippen LogP contribution in [-0.4, -0.2) is 23.3 Å². The highest BCUT2D eigenvalue weighted by Crippen LogP contribution is 2.17. The van der Waals surface area contributed by atoms with Gasteiger partial charge in [-0.05, 0) is 17.7 Å². The maximum atomic E-state index is 10.4. The molecular weight excluding hydrogens is 172 g/mol. The molecule has 0 bridgehead atoms. The third-order valence-electron chi connectivity index (χ3n) is 1.67. The number of aliphatic hydroxyl groups is 1. The van der Waals surface area contributed by atoms with Gasteiger partial charge >= 0.3 is 5.97 Å². The minimum atomic E-state index is -1.47. The van der Waals surface area contributed by atoms with Gasteiger partial charge in [0.2, 0.25) is 0 Å². The highest BCUT2D eigenvalue weighted by molar-refractivity contribution is 5.74. The van der Waals surface area contributed by atoms with E-state index in [0.717, 1.165) is 0 Å². The number of hydrogen-bond donors (Lipinski definition) is 2. The van der Waals surface area contributed by atoms with Gasteiger partial charge in [0.25, 0.3) is 0 Å². The zero-order valence-electron chi connectivity index (χ0n) is 7.10. The van der Waals surface area contributed by atoms with Gasteiger partial charge in [-0.15, -0.1) is 0 Å². The average molecular weight is 182 g/mol. The third kappa shape index (κ3) is 2.19. The molecule has 0 saturated carbocycles. The molecule has 70 valence electrons. The first-order valence-corrected chi connectivity index (χ1v) is 3.70. The Hall–Kier alpha value is -1.55. The molecule has 0 fully saturated rings. The van der Waals surface area contributed by atoms with Gasteiger partial charge in [0.1, 0.15) is 5.75 Å².